The van der Waals surface area contributed by atoms with Gasteiger partial charge in [0.1, 0.15) is 5.75 Å². The molecule has 0 spiro atoms. The second-order valence-corrected chi connectivity index (χ2v) is 5.32. The summed E-state index contributed by atoms with van der Waals surface area (Å²) in [6, 6.07) is 12.8. The molecule has 0 amide bonds. The summed E-state index contributed by atoms with van der Waals surface area (Å²) in [6.07, 6.45) is -1.02. The third kappa shape index (κ3) is 2.96. The predicted molar refractivity (Wildman–Crippen MR) is 92.3 cm³/mol. The molecule has 1 heterocycles. The fourth-order valence-electron chi connectivity index (χ4n) is 2.66. The van der Waals surface area contributed by atoms with Crippen molar-refractivity contribution in [2.24, 2.45) is 0 Å². The number of ketones is 1. The molecule has 0 saturated heterocycles. The number of hydrogen-bond donors (Lipinski definition) is 1. The van der Waals surface area contributed by atoms with Gasteiger partial charge in [-0.15, -0.1) is 0 Å². The van der Waals surface area contributed by atoms with Crippen molar-refractivity contribution in [1.82, 2.24) is 4.98 Å². The van der Waals surface area contributed by atoms with Gasteiger partial charge in [-0.05, 0) is 38.1 Å². The van der Waals surface area contributed by atoms with Crippen LogP contribution in [0.25, 0.3) is 21.8 Å². The van der Waals surface area contributed by atoms with Crippen molar-refractivity contribution >= 4 is 27.6 Å². The number of nitrogens with zero attached hydrogens (tertiary/aromatic N) is 1. The standard InChI is InChI=1S/C19H19NO4/c1-3-23-19(24-4-2)18(22)13-9-10-16-14(17(13)21)11-12-7-5-6-8-15(12)20-16/h5-11,19,21H,3-4H2,1-2H3. The molecule has 2 aromatic carbocycles. The number of phenols is 1. The van der Waals surface area contributed by atoms with Crippen LogP contribution in [-0.4, -0.2) is 35.4 Å². The Morgan fingerprint density at radius 2 is 1.79 bits per heavy atom. The summed E-state index contributed by atoms with van der Waals surface area (Å²) in [7, 11) is 0. The summed E-state index contributed by atoms with van der Waals surface area (Å²) in [5, 5.41) is 12.0. The first-order valence-electron chi connectivity index (χ1n) is 7.94. The summed E-state index contributed by atoms with van der Waals surface area (Å²) in [4.78, 5) is 17.1. The van der Waals surface area contributed by atoms with Crippen molar-refractivity contribution in [2.75, 3.05) is 13.2 Å². The minimum Gasteiger partial charge on any atom is -0.506 e. The number of fused-ring (bicyclic) bond motifs is 2. The lowest BCUT2D eigenvalue weighted by atomic mass is 10.0. The largest absolute Gasteiger partial charge is 0.506 e. The number of aromatic nitrogens is 1. The number of ether oxygens (including phenoxy) is 2. The summed E-state index contributed by atoms with van der Waals surface area (Å²) in [5.74, 6) is -0.494. The molecule has 5 heteroatoms. The minimum atomic E-state index is -1.02. The SMILES string of the molecule is CCOC(OCC)C(=O)c1ccc2nc3ccccc3cc2c1O. The summed E-state index contributed by atoms with van der Waals surface area (Å²) >= 11 is 0. The number of Topliss-reactive ketones (excluding diaryl/α,β-unsaturated/α-hetero) is 1. The number of rotatable bonds is 6. The minimum absolute atomic E-state index is 0.0971. The third-order valence-corrected chi connectivity index (χ3v) is 3.79. The molecule has 0 aliphatic carbocycles. The Kier molecular flexibility index (Phi) is 4.74. The van der Waals surface area contributed by atoms with Crippen LogP contribution in [-0.2, 0) is 9.47 Å². The highest BCUT2D eigenvalue weighted by molar-refractivity contribution is 6.07. The van der Waals surface area contributed by atoms with E-state index >= 15 is 0 Å². The molecule has 0 aliphatic rings. The van der Waals surface area contributed by atoms with Crippen LogP contribution in [0.5, 0.6) is 5.75 Å². The highest BCUT2D eigenvalue weighted by atomic mass is 16.7. The lowest BCUT2D eigenvalue weighted by Gasteiger charge is -2.16. The van der Waals surface area contributed by atoms with Gasteiger partial charge in [-0.1, -0.05) is 18.2 Å². The Morgan fingerprint density at radius 3 is 2.50 bits per heavy atom. The van der Waals surface area contributed by atoms with Crippen LogP contribution < -0.4 is 0 Å². The van der Waals surface area contributed by atoms with Gasteiger partial charge in [0.2, 0.25) is 12.1 Å². The number of hydrogen-bond acceptors (Lipinski definition) is 5. The van der Waals surface area contributed by atoms with E-state index in [4.69, 9.17) is 9.47 Å². The van der Waals surface area contributed by atoms with Gasteiger partial charge in [-0.25, -0.2) is 4.98 Å². The highest BCUT2D eigenvalue weighted by Crippen LogP contribution is 2.31. The van der Waals surface area contributed by atoms with Crippen molar-refractivity contribution in [3.05, 3.63) is 48.0 Å². The Labute approximate surface area is 139 Å². The molecule has 1 aromatic heterocycles. The average molecular weight is 325 g/mol. The second kappa shape index (κ2) is 6.95. The monoisotopic (exact) mass is 325 g/mol. The first-order valence-corrected chi connectivity index (χ1v) is 7.94. The number of aromatic hydroxyl groups is 1. The van der Waals surface area contributed by atoms with E-state index in [0.717, 1.165) is 10.9 Å². The topological polar surface area (TPSA) is 68.7 Å². The van der Waals surface area contributed by atoms with Crippen molar-refractivity contribution in [1.29, 1.82) is 0 Å². The predicted octanol–water partition coefficient (Wildman–Crippen LogP) is 3.68. The molecule has 0 fully saturated rings. The molecule has 5 nitrogen and oxygen atoms in total. The Hall–Kier alpha value is -2.50. The number of para-hydroxylation sites is 1. The van der Waals surface area contributed by atoms with Crippen LogP contribution in [0.3, 0.4) is 0 Å². The van der Waals surface area contributed by atoms with E-state index < -0.39 is 12.1 Å². The summed E-state index contributed by atoms with van der Waals surface area (Å²) < 4.78 is 10.7. The number of carbonyl (C=O) groups excluding carboxylic acids is 1. The van der Waals surface area contributed by atoms with Gasteiger partial charge < -0.3 is 14.6 Å². The number of pyridine rings is 1. The molecule has 3 rings (SSSR count). The molecule has 3 aromatic rings. The zero-order valence-corrected chi connectivity index (χ0v) is 13.7. The quantitative estimate of drug-likeness (QED) is 0.425. The van der Waals surface area contributed by atoms with E-state index in [-0.39, 0.29) is 11.3 Å². The molecular weight excluding hydrogens is 306 g/mol. The zero-order chi connectivity index (χ0) is 17.1. The summed E-state index contributed by atoms with van der Waals surface area (Å²) in [5.41, 5.74) is 1.64. The maximum atomic E-state index is 12.6. The van der Waals surface area contributed by atoms with Crippen LogP contribution in [0.1, 0.15) is 24.2 Å². The second-order valence-electron chi connectivity index (χ2n) is 5.32. The van der Waals surface area contributed by atoms with E-state index in [2.05, 4.69) is 4.98 Å². The fraction of sp³-hybridized carbons (Fsp3) is 0.263. The van der Waals surface area contributed by atoms with Crippen LogP contribution >= 0.6 is 0 Å². The van der Waals surface area contributed by atoms with Crippen molar-refractivity contribution < 1.29 is 19.4 Å². The molecule has 24 heavy (non-hydrogen) atoms. The first kappa shape index (κ1) is 16.4. The molecule has 0 aliphatic heterocycles. The fourth-order valence-corrected chi connectivity index (χ4v) is 2.66. The first-order chi connectivity index (χ1) is 11.7. The molecule has 0 unspecified atom stereocenters. The van der Waals surface area contributed by atoms with Gasteiger partial charge in [-0.3, -0.25) is 4.79 Å². The number of phenolic OH excluding ortho intramolecular Hbond substituents is 1. The molecule has 124 valence electrons. The molecular formula is C19H19NO4. The van der Waals surface area contributed by atoms with Gasteiger partial charge in [0.05, 0.1) is 16.6 Å². The highest BCUT2D eigenvalue weighted by Gasteiger charge is 2.24. The normalized spacial score (nSPS) is 11.5. The van der Waals surface area contributed by atoms with Crippen LogP contribution in [0.4, 0.5) is 0 Å². The van der Waals surface area contributed by atoms with Crippen molar-refractivity contribution in [3.63, 3.8) is 0 Å². The Morgan fingerprint density at radius 1 is 1.08 bits per heavy atom. The zero-order valence-electron chi connectivity index (χ0n) is 13.7. The maximum Gasteiger partial charge on any atom is 0.222 e. The molecule has 0 atom stereocenters. The van der Waals surface area contributed by atoms with Gasteiger partial charge in [-0.2, -0.15) is 0 Å². The Balaban J connectivity index is 2.10. The van der Waals surface area contributed by atoms with Gasteiger partial charge in [0.15, 0.2) is 0 Å². The van der Waals surface area contributed by atoms with Gasteiger partial charge in [0, 0.05) is 24.0 Å². The van der Waals surface area contributed by atoms with Crippen molar-refractivity contribution in [2.45, 2.75) is 20.1 Å². The molecule has 0 saturated carbocycles. The van der Waals surface area contributed by atoms with E-state index in [1.807, 2.05) is 30.3 Å². The van der Waals surface area contributed by atoms with Crippen LogP contribution in [0.15, 0.2) is 42.5 Å². The molecule has 1 N–H and O–H groups in total. The summed E-state index contributed by atoms with van der Waals surface area (Å²) in [6.45, 7) is 4.26. The van der Waals surface area contributed by atoms with Gasteiger partial charge >= 0.3 is 0 Å². The van der Waals surface area contributed by atoms with Crippen LogP contribution in [0.2, 0.25) is 0 Å². The van der Waals surface area contributed by atoms with E-state index in [9.17, 15) is 9.90 Å². The molecule has 0 bridgehead atoms. The maximum absolute atomic E-state index is 12.6. The molecule has 0 radical (unpaired) electrons. The van der Waals surface area contributed by atoms with E-state index in [1.165, 1.54) is 0 Å². The lowest BCUT2D eigenvalue weighted by molar-refractivity contribution is -0.107. The third-order valence-electron chi connectivity index (χ3n) is 3.79. The average Bonchev–Trinajstić information content (AvgIpc) is 2.60. The van der Waals surface area contributed by atoms with Crippen molar-refractivity contribution in [3.8, 4) is 5.75 Å². The van der Waals surface area contributed by atoms with Crippen LogP contribution in [0, 0.1) is 0 Å². The smallest absolute Gasteiger partial charge is 0.222 e. The van der Waals surface area contributed by atoms with E-state index in [0.29, 0.717) is 24.1 Å². The Bertz CT molecular complexity index is 885. The lowest BCUT2D eigenvalue weighted by Crippen LogP contribution is -2.27. The number of benzene rings is 2. The van der Waals surface area contributed by atoms with Gasteiger partial charge in [0.25, 0.3) is 0 Å². The van der Waals surface area contributed by atoms with E-state index in [1.54, 1.807) is 26.0 Å². The number of carbonyl (C=O) groups is 1.